The number of benzene rings is 4. The van der Waals surface area contributed by atoms with Crippen LogP contribution in [0.15, 0.2) is 103 Å². The predicted molar refractivity (Wildman–Crippen MR) is 165 cm³/mol. The summed E-state index contributed by atoms with van der Waals surface area (Å²) in [6.45, 7) is 11.3. The molecule has 3 heteroatoms. The van der Waals surface area contributed by atoms with E-state index in [1.165, 1.54) is 38.2 Å². The fraction of sp³-hybridized carbons (Fsp3) is 0.189. The van der Waals surface area contributed by atoms with Gasteiger partial charge in [-0.2, -0.15) is 0 Å². The van der Waals surface area contributed by atoms with E-state index in [1.54, 1.807) is 6.20 Å². The van der Waals surface area contributed by atoms with Crippen molar-refractivity contribution in [3.63, 3.8) is 0 Å². The van der Waals surface area contributed by atoms with Gasteiger partial charge in [0.25, 0.3) is 0 Å². The van der Waals surface area contributed by atoms with Crippen molar-refractivity contribution in [1.82, 2.24) is 9.97 Å². The third kappa shape index (κ3) is 6.22. The first-order valence-corrected chi connectivity index (χ1v) is 13.6. The van der Waals surface area contributed by atoms with Gasteiger partial charge in [0.15, 0.2) is 0 Å². The van der Waals surface area contributed by atoms with Crippen LogP contribution in [0.25, 0.3) is 44.1 Å². The van der Waals surface area contributed by atoms with E-state index in [4.69, 9.17) is 0 Å². The molecule has 0 atom stereocenters. The summed E-state index contributed by atoms with van der Waals surface area (Å²) < 4.78 is 0. The van der Waals surface area contributed by atoms with Gasteiger partial charge in [-0.05, 0) is 53.2 Å². The summed E-state index contributed by atoms with van der Waals surface area (Å²) in [5.74, 6) is 0.972. The Labute approximate surface area is 251 Å². The molecule has 2 aromatic heterocycles. The van der Waals surface area contributed by atoms with Crippen LogP contribution in [0.5, 0.6) is 0 Å². The topological polar surface area (TPSA) is 25.8 Å². The summed E-state index contributed by atoms with van der Waals surface area (Å²) in [4.78, 5) is 8.83. The molecule has 2 heterocycles. The molecule has 0 saturated carbocycles. The second-order valence-electron chi connectivity index (χ2n) is 10.5. The van der Waals surface area contributed by atoms with Crippen LogP contribution in [0.2, 0.25) is 0 Å². The summed E-state index contributed by atoms with van der Waals surface area (Å²) in [6, 6.07) is 37.8. The molecule has 0 aliphatic rings. The van der Waals surface area contributed by atoms with Crippen LogP contribution in [0.1, 0.15) is 56.2 Å². The van der Waals surface area contributed by atoms with E-state index in [0.29, 0.717) is 11.8 Å². The fourth-order valence-electron chi connectivity index (χ4n) is 5.24. The summed E-state index contributed by atoms with van der Waals surface area (Å²) in [7, 11) is 0. The van der Waals surface area contributed by atoms with Crippen LogP contribution in [0.3, 0.4) is 0 Å². The standard InChI is InChI=1S/C26H26N.C11H8N.Ir/c1-16(2)19-12-13-27-25(15-19)20-10-11-22-21-8-6-7-9-23(21)26(17(3)4)18(5)24(22)14-20;1-2-6-10(7-3-1)11-8-4-5-9-12-11;/h6-9,11-17H,1-5H3;1-6,8-9H;/q2*-1;. The molecular weight excluding hydrogens is 665 g/mol. The number of nitrogens with zero attached hydrogens (tertiary/aromatic N) is 2. The number of fused-ring (bicyclic) bond motifs is 3. The molecule has 0 N–H and O–H groups in total. The maximum absolute atomic E-state index is 4.62. The Morgan fingerprint density at radius 2 is 1.32 bits per heavy atom. The van der Waals surface area contributed by atoms with E-state index < -0.39 is 0 Å². The number of aromatic nitrogens is 2. The number of hydrogen-bond acceptors (Lipinski definition) is 2. The normalized spacial score (nSPS) is 10.9. The Balaban J connectivity index is 0.000000238. The molecule has 6 rings (SSSR count). The van der Waals surface area contributed by atoms with Gasteiger partial charge >= 0.3 is 0 Å². The second kappa shape index (κ2) is 13.1. The van der Waals surface area contributed by atoms with Crippen LogP contribution in [-0.4, -0.2) is 9.97 Å². The molecular formula is C37H34IrN2-2. The van der Waals surface area contributed by atoms with E-state index in [1.807, 2.05) is 48.7 Å². The van der Waals surface area contributed by atoms with Crippen molar-refractivity contribution in [1.29, 1.82) is 0 Å². The van der Waals surface area contributed by atoms with Crippen LogP contribution in [0.4, 0.5) is 0 Å². The summed E-state index contributed by atoms with van der Waals surface area (Å²) in [5.41, 5.74) is 8.20. The van der Waals surface area contributed by atoms with E-state index >= 15 is 0 Å². The van der Waals surface area contributed by atoms with Crippen molar-refractivity contribution in [2.45, 2.75) is 46.5 Å². The zero-order chi connectivity index (χ0) is 27.4. The molecule has 1 radical (unpaired) electrons. The molecule has 4 aromatic carbocycles. The average Bonchev–Trinajstić information content (AvgIpc) is 2.98. The van der Waals surface area contributed by atoms with Gasteiger partial charge < -0.3 is 9.97 Å². The Kier molecular flexibility index (Phi) is 9.63. The number of rotatable bonds is 4. The minimum absolute atomic E-state index is 0. The molecule has 203 valence electrons. The Bertz CT molecular complexity index is 1670. The molecule has 0 unspecified atom stereocenters. The maximum Gasteiger partial charge on any atom is 0.0163 e. The van der Waals surface area contributed by atoms with E-state index in [-0.39, 0.29) is 20.1 Å². The van der Waals surface area contributed by atoms with Gasteiger partial charge in [0, 0.05) is 32.5 Å². The zero-order valence-corrected chi connectivity index (χ0v) is 26.1. The molecule has 0 fully saturated rings. The van der Waals surface area contributed by atoms with Crippen LogP contribution in [0, 0.1) is 19.1 Å². The third-order valence-corrected chi connectivity index (χ3v) is 7.22. The monoisotopic (exact) mass is 699 g/mol. The van der Waals surface area contributed by atoms with Gasteiger partial charge in [-0.25, -0.2) is 0 Å². The summed E-state index contributed by atoms with van der Waals surface area (Å²) in [6.07, 6.45) is 3.70. The molecule has 0 aliphatic carbocycles. The predicted octanol–water partition coefficient (Wildman–Crippen LogP) is 9.96. The molecule has 0 aliphatic heterocycles. The first kappa shape index (κ1) is 29.3. The number of pyridine rings is 2. The van der Waals surface area contributed by atoms with Crippen LogP contribution >= 0.6 is 0 Å². The second-order valence-corrected chi connectivity index (χ2v) is 10.5. The Hall–Kier alpha value is -3.65. The van der Waals surface area contributed by atoms with Gasteiger partial charge in [-0.3, -0.25) is 0 Å². The molecule has 0 spiro atoms. The largest absolute Gasteiger partial charge is 0.305 e. The van der Waals surface area contributed by atoms with Crippen molar-refractivity contribution in [3.8, 4) is 22.5 Å². The first-order valence-electron chi connectivity index (χ1n) is 13.6. The van der Waals surface area contributed by atoms with Gasteiger partial charge in [0.2, 0.25) is 0 Å². The van der Waals surface area contributed by atoms with Gasteiger partial charge in [-0.1, -0.05) is 97.4 Å². The molecule has 0 bridgehead atoms. The minimum Gasteiger partial charge on any atom is -0.305 e. The number of hydrogen-bond donors (Lipinski definition) is 0. The van der Waals surface area contributed by atoms with Gasteiger partial charge in [-0.15, -0.1) is 59.7 Å². The summed E-state index contributed by atoms with van der Waals surface area (Å²) >= 11 is 0. The van der Waals surface area contributed by atoms with E-state index in [9.17, 15) is 0 Å². The van der Waals surface area contributed by atoms with Crippen molar-refractivity contribution >= 4 is 21.5 Å². The van der Waals surface area contributed by atoms with Crippen molar-refractivity contribution < 1.29 is 20.1 Å². The average molecular weight is 699 g/mol. The fourth-order valence-corrected chi connectivity index (χ4v) is 5.24. The van der Waals surface area contributed by atoms with Crippen molar-refractivity contribution in [2.75, 3.05) is 0 Å². The van der Waals surface area contributed by atoms with Crippen LogP contribution < -0.4 is 0 Å². The van der Waals surface area contributed by atoms with E-state index in [2.05, 4.69) is 105 Å². The van der Waals surface area contributed by atoms with Crippen molar-refractivity contribution in [2.24, 2.45) is 0 Å². The third-order valence-electron chi connectivity index (χ3n) is 7.22. The van der Waals surface area contributed by atoms with Gasteiger partial charge in [0.05, 0.1) is 0 Å². The summed E-state index contributed by atoms with van der Waals surface area (Å²) in [5, 5.41) is 5.26. The SMILES string of the molecule is Cc1c(C(C)C)c2ccccc2c2c[c-]c(-c3cc(C(C)C)ccn3)cc12.[Ir].[c-]1ccccc1-c1ccccn1. The van der Waals surface area contributed by atoms with Crippen molar-refractivity contribution in [3.05, 3.63) is 132 Å². The first-order chi connectivity index (χ1) is 18.9. The minimum atomic E-state index is 0. The maximum atomic E-state index is 4.62. The van der Waals surface area contributed by atoms with Crippen LogP contribution in [-0.2, 0) is 20.1 Å². The quantitative estimate of drug-likeness (QED) is 0.135. The molecule has 40 heavy (non-hydrogen) atoms. The molecule has 0 saturated heterocycles. The number of aryl methyl sites for hydroxylation is 1. The zero-order valence-electron chi connectivity index (χ0n) is 23.7. The Morgan fingerprint density at radius 1 is 0.600 bits per heavy atom. The van der Waals surface area contributed by atoms with Gasteiger partial charge in [0.1, 0.15) is 0 Å². The molecule has 6 aromatic rings. The van der Waals surface area contributed by atoms with E-state index in [0.717, 1.165) is 22.5 Å². The Morgan fingerprint density at radius 3 is 2.00 bits per heavy atom. The molecule has 0 amide bonds. The molecule has 2 nitrogen and oxygen atoms in total. The smallest absolute Gasteiger partial charge is 0.0163 e.